The lowest BCUT2D eigenvalue weighted by atomic mass is 9.99. The van der Waals surface area contributed by atoms with Gasteiger partial charge in [0.2, 0.25) is 0 Å². The quantitative estimate of drug-likeness (QED) is 0.292. The zero-order chi connectivity index (χ0) is 18.9. The minimum atomic E-state index is -0.601. The first-order valence-electron chi connectivity index (χ1n) is 9.53. The normalized spacial score (nSPS) is 12.7. The summed E-state index contributed by atoms with van der Waals surface area (Å²) < 4.78 is 6.04. The maximum absolute atomic E-state index is 6.04. The zero-order valence-electron chi connectivity index (χ0n) is 16.3. The Morgan fingerprint density at radius 3 is 2.00 bits per heavy atom. The molecule has 3 radical (unpaired) electrons. The van der Waals surface area contributed by atoms with Crippen molar-refractivity contribution in [2.45, 2.75) is 6.10 Å². The van der Waals surface area contributed by atoms with Gasteiger partial charge >= 0.3 is 0 Å². The summed E-state index contributed by atoms with van der Waals surface area (Å²) in [6.45, 7) is 0. The lowest BCUT2D eigenvalue weighted by molar-refractivity contribution is 0.138. The van der Waals surface area contributed by atoms with E-state index in [2.05, 4.69) is 103 Å². The molecule has 0 bridgehead atoms. The fourth-order valence-electron chi connectivity index (χ4n) is 4.17. The molecule has 0 amide bonds. The molecule has 0 spiro atoms. The van der Waals surface area contributed by atoms with E-state index in [4.69, 9.17) is 4.74 Å². The maximum atomic E-state index is 6.04. The van der Waals surface area contributed by atoms with Crippen LogP contribution < -0.4 is 0 Å². The molecule has 0 aliphatic rings. The molecule has 1 nitrogen and oxygen atoms in total. The van der Waals surface area contributed by atoms with Crippen LogP contribution in [0, 0.1) is 0 Å². The summed E-state index contributed by atoms with van der Waals surface area (Å²) in [6, 6.07) is 37.0. The molecule has 1 heterocycles. The van der Waals surface area contributed by atoms with E-state index in [0.29, 0.717) is 0 Å². The molecular formula is C26H21BOP. The highest BCUT2D eigenvalue weighted by Crippen LogP contribution is 2.57. The van der Waals surface area contributed by atoms with Crippen molar-refractivity contribution in [1.29, 1.82) is 0 Å². The number of methoxy groups -OCH3 is 1. The van der Waals surface area contributed by atoms with Gasteiger partial charge in [-0.25, -0.2) is 0 Å². The highest BCUT2D eigenvalue weighted by molar-refractivity contribution is 7.68. The number of rotatable bonds is 4. The summed E-state index contributed by atoms with van der Waals surface area (Å²) in [4.78, 5) is 0. The average molecular weight is 391 g/mol. The summed E-state index contributed by atoms with van der Waals surface area (Å²) in [5, 5.41) is 6.96. The van der Waals surface area contributed by atoms with Crippen molar-refractivity contribution in [3.05, 3.63) is 114 Å². The maximum Gasteiger partial charge on any atom is 0.108 e. The van der Waals surface area contributed by atoms with Gasteiger partial charge in [-0.3, -0.25) is 0 Å². The van der Waals surface area contributed by atoms with Crippen molar-refractivity contribution >= 4 is 37.0 Å². The topological polar surface area (TPSA) is 9.23 Å². The van der Waals surface area contributed by atoms with Gasteiger partial charge in [-0.2, -0.15) is 0 Å². The molecule has 29 heavy (non-hydrogen) atoms. The van der Waals surface area contributed by atoms with Crippen LogP contribution in [0.5, 0.6) is 0 Å². The van der Waals surface area contributed by atoms with E-state index < -0.39 is 7.53 Å². The van der Waals surface area contributed by atoms with Gasteiger partial charge in [0.1, 0.15) is 6.10 Å². The third kappa shape index (κ3) is 3.29. The van der Waals surface area contributed by atoms with Crippen LogP contribution >= 0.6 is 7.53 Å². The minimum absolute atomic E-state index is 0. The van der Waals surface area contributed by atoms with Crippen LogP contribution in [0.2, 0.25) is 0 Å². The van der Waals surface area contributed by atoms with Crippen molar-refractivity contribution in [1.82, 2.24) is 0 Å². The van der Waals surface area contributed by atoms with Crippen LogP contribution in [0.15, 0.2) is 103 Å². The van der Waals surface area contributed by atoms with E-state index in [9.17, 15) is 0 Å². The molecular weight excluding hydrogens is 370 g/mol. The van der Waals surface area contributed by atoms with Crippen molar-refractivity contribution in [3.8, 4) is 5.30 Å². The Kier molecular flexibility index (Phi) is 5.58. The van der Waals surface area contributed by atoms with Gasteiger partial charge in [0, 0.05) is 25.8 Å². The Balaban J connectivity index is 0.00000205. The van der Waals surface area contributed by atoms with Crippen molar-refractivity contribution < 1.29 is 4.74 Å². The molecule has 0 aliphatic carbocycles. The smallest absolute Gasteiger partial charge is 0.108 e. The number of hydrogen-bond donors (Lipinski definition) is 0. The van der Waals surface area contributed by atoms with E-state index in [1.807, 2.05) is 7.11 Å². The second-order valence-corrected chi connectivity index (χ2v) is 9.07. The lowest BCUT2D eigenvalue weighted by Crippen LogP contribution is -2.03. The fourth-order valence-corrected chi connectivity index (χ4v) is 6.98. The largest absolute Gasteiger partial charge is 0.372 e. The second-order valence-electron chi connectivity index (χ2n) is 6.96. The SMILES string of the molecule is COC(c1ccccc1)c1cccc2c3ccccc3p(-c3ccccc3)c12.[B]. The van der Waals surface area contributed by atoms with Gasteiger partial charge in [-0.15, -0.1) is 0 Å². The van der Waals surface area contributed by atoms with Crippen LogP contribution in [0.25, 0.3) is 26.3 Å². The highest BCUT2D eigenvalue weighted by Gasteiger charge is 2.21. The van der Waals surface area contributed by atoms with Gasteiger partial charge in [-0.05, 0) is 27.2 Å². The summed E-state index contributed by atoms with van der Waals surface area (Å²) in [7, 11) is 1.21. The van der Waals surface area contributed by atoms with E-state index in [0.717, 1.165) is 0 Å². The van der Waals surface area contributed by atoms with Crippen LogP contribution in [-0.4, -0.2) is 15.5 Å². The molecule has 2 atom stereocenters. The van der Waals surface area contributed by atoms with Crippen LogP contribution in [0.4, 0.5) is 0 Å². The number of ether oxygens (including phenoxy) is 1. The Morgan fingerprint density at radius 2 is 1.28 bits per heavy atom. The Morgan fingerprint density at radius 1 is 0.655 bits per heavy atom. The molecule has 2 unspecified atom stereocenters. The minimum Gasteiger partial charge on any atom is -0.372 e. The van der Waals surface area contributed by atoms with Crippen LogP contribution in [0.1, 0.15) is 17.2 Å². The van der Waals surface area contributed by atoms with Crippen LogP contribution in [-0.2, 0) is 4.74 Å². The number of benzene rings is 4. The van der Waals surface area contributed by atoms with Gasteiger partial charge in [0.05, 0.1) is 0 Å². The zero-order valence-corrected chi connectivity index (χ0v) is 17.2. The lowest BCUT2D eigenvalue weighted by Gasteiger charge is -2.19. The fraction of sp³-hybridized carbons (Fsp3) is 0.0769. The monoisotopic (exact) mass is 391 g/mol. The molecule has 1 aromatic heterocycles. The van der Waals surface area contributed by atoms with Gasteiger partial charge in [-0.1, -0.05) is 111 Å². The summed E-state index contributed by atoms with van der Waals surface area (Å²) in [5.41, 5.74) is 2.47. The average Bonchev–Trinajstić information content (AvgIpc) is 3.11. The molecule has 0 saturated carbocycles. The molecule has 3 heteroatoms. The van der Waals surface area contributed by atoms with Crippen LogP contribution in [0.3, 0.4) is 0 Å². The predicted octanol–water partition coefficient (Wildman–Crippen LogP) is 7.32. The molecule has 5 aromatic rings. The molecule has 139 valence electrons. The molecule has 4 aromatic carbocycles. The van der Waals surface area contributed by atoms with Gasteiger partial charge in [0.15, 0.2) is 0 Å². The standard InChI is InChI=1S/C26H21OP.B/c1-27-25(19-11-4-2-5-12-19)23-17-10-16-22-21-15-8-9-18-24(21)28(26(22)23)20-13-6-3-7-14-20;/h2-18,25H,1H3;. The van der Waals surface area contributed by atoms with E-state index in [1.54, 1.807) is 0 Å². The molecule has 0 fully saturated rings. The third-order valence-corrected chi connectivity index (χ3v) is 7.99. The number of hydrogen-bond acceptors (Lipinski definition) is 1. The molecule has 0 aliphatic heterocycles. The van der Waals surface area contributed by atoms with Crippen molar-refractivity contribution in [3.63, 3.8) is 0 Å². The number of fused-ring (bicyclic) bond motifs is 3. The van der Waals surface area contributed by atoms with Gasteiger partial charge < -0.3 is 4.74 Å². The predicted molar refractivity (Wildman–Crippen MR) is 127 cm³/mol. The first-order chi connectivity index (χ1) is 13.9. The first kappa shape index (κ1) is 19.5. The van der Waals surface area contributed by atoms with E-state index >= 15 is 0 Å². The summed E-state index contributed by atoms with van der Waals surface area (Å²) in [5.74, 6) is 0. The van der Waals surface area contributed by atoms with Gasteiger partial charge in [0.25, 0.3) is 0 Å². The summed E-state index contributed by atoms with van der Waals surface area (Å²) in [6.07, 6.45) is -0.0702. The van der Waals surface area contributed by atoms with Crippen molar-refractivity contribution in [2.75, 3.05) is 7.11 Å². The Bertz CT molecular complexity index is 1250. The Labute approximate surface area is 174 Å². The second kappa shape index (κ2) is 8.29. The Hall–Kier alpha value is -2.80. The highest BCUT2D eigenvalue weighted by atomic mass is 31.1. The first-order valence-corrected chi connectivity index (χ1v) is 10.9. The van der Waals surface area contributed by atoms with Crippen molar-refractivity contribution in [2.24, 2.45) is 0 Å². The molecule has 0 N–H and O–H groups in total. The van der Waals surface area contributed by atoms with E-state index in [1.165, 1.54) is 37.4 Å². The molecule has 0 saturated heterocycles. The third-order valence-electron chi connectivity index (χ3n) is 5.36. The summed E-state index contributed by atoms with van der Waals surface area (Å²) >= 11 is 0. The van der Waals surface area contributed by atoms with E-state index in [-0.39, 0.29) is 14.5 Å². The molecule has 5 rings (SSSR count).